The first kappa shape index (κ1) is 12.7. The molecule has 0 unspecified atom stereocenters. The summed E-state index contributed by atoms with van der Waals surface area (Å²) in [6.07, 6.45) is -4.48. The van der Waals surface area contributed by atoms with Gasteiger partial charge in [-0.05, 0) is 23.3 Å². The second-order valence-corrected chi connectivity index (χ2v) is 4.60. The van der Waals surface area contributed by atoms with Crippen LogP contribution in [0.25, 0.3) is 21.9 Å². The van der Waals surface area contributed by atoms with Crippen LogP contribution >= 0.6 is 0 Å². The maximum atomic E-state index is 13.1. The monoisotopic (exact) mass is 276 g/mol. The standard InChI is InChI=1S/C15H11F3N2/c1-9-13(14(20-19-9)15(16,17)18)12-8-4-6-10-5-2-3-7-11(10)12/h2-8H,1H3,(H,19,20). The first-order valence-electron chi connectivity index (χ1n) is 6.09. The van der Waals surface area contributed by atoms with Crippen LogP contribution in [0.2, 0.25) is 0 Å². The van der Waals surface area contributed by atoms with Crippen molar-refractivity contribution >= 4 is 10.8 Å². The van der Waals surface area contributed by atoms with Crippen molar-refractivity contribution in [2.75, 3.05) is 0 Å². The van der Waals surface area contributed by atoms with E-state index in [0.717, 1.165) is 10.8 Å². The van der Waals surface area contributed by atoms with Gasteiger partial charge in [-0.3, -0.25) is 5.10 Å². The molecule has 0 aliphatic rings. The molecular formula is C15H11F3N2. The number of aromatic amines is 1. The Morgan fingerprint density at radius 3 is 2.45 bits per heavy atom. The largest absolute Gasteiger partial charge is 0.435 e. The van der Waals surface area contributed by atoms with Crippen LogP contribution in [0.5, 0.6) is 0 Å². The Labute approximate surface area is 113 Å². The van der Waals surface area contributed by atoms with Crippen LogP contribution in [-0.2, 0) is 6.18 Å². The Morgan fingerprint density at radius 2 is 1.70 bits per heavy atom. The number of aromatic nitrogens is 2. The van der Waals surface area contributed by atoms with Gasteiger partial charge in [0, 0.05) is 11.3 Å². The molecule has 0 amide bonds. The first-order valence-corrected chi connectivity index (χ1v) is 6.09. The molecule has 1 N–H and O–H groups in total. The molecule has 0 fully saturated rings. The Hall–Kier alpha value is -2.30. The van der Waals surface area contributed by atoms with Crippen LogP contribution in [0.3, 0.4) is 0 Å². The lowest BCUT2D eigenvalue weighted by molar-refractivity contribution is -0.140. The molecule has 0 saturated heterocycles. The van der Waals surface area contributed by atoms with Gasteiger partial charge in [0.05, 0.1) is 0 Å². The summed E-state index contributed by atoms with van der Waals surface area (Å²) in [7, 11) is 0. The second kappa shape index (κ2) is 4.37. The van der Waals surface area contributed by atoms with Crippen molar-refractivity contribution < 1.29 is 13.2 Å². The second-order valence-electron chi connectivity index (χ2n) is 4.60. The molecule has 0 aliphatic carbocycles. The van der Waals surface area contributed by atoms with E-state index >= 15 is 0 Å². The number of aryl methyl sites for hydroxylation is 1. The highest BCUT2D eigenvalue weighted by Gasteiger charge is 2.38. The highest BCUT2D eigenvalue weighted by Crippen LogP contribution is 2.39. The van der Waals surface area contributed by atoms with E-state index < -0.39 is 11.9 Å². The molecule has 2 aromatic carbocycles. The number of rotatable bonds is 1. The van der Waals surface area contributed by atoms with E-state index in [2.05, 4.69) is 10.2 Å². The lowest BCUT2D eigenvalue weighted by Gasteiger charge is -2.10. The molecule has 3 rings (SSSR count). The summed E-state index contributed by atoms with van der Waals surface area (Å²) in [5.74, 6) is 0. The summed E-state index contributed by atoms with van der Waals surface area (Å²) < 4.78 is 39.2. The van der Waals surface area contributed by atoms with E-state index in [1.54, 1.807) is 19.1 Å². The number of hydrogen-bond acceptors (Lipinski definition) is 1. The van der Waals surface area contributed by atoms with Crippen molar-refractivity contribution in [2.24, 2.45) is 0 Å². The molecule has 0 spiro atoms. The lowest BCUT2D eigenvalue weighted by Crippen LogP contribution is -2.07. The zero-order valence-corrected chi connectivity index (χ0v) is 10.6. The van der Waals surface area contributed by atoms with Gasteiger partial charge in [0.15, 0.2) is 5.69 Å². The number of halogens is 3. The summed E-state index contributed by atoms with van der Waals surface area (Å²) in [6, 6.07) is 12.7. The van der Waals surface area contributed by atoms with Gasteiger partial charge in [0.2, 0.25) is 0 Å². The molecule has 0 atom stereocenters. The molecular weight excluding hydrogens is 265 g/mol. The quantitative estimate of drug-likeness (QED) is 0.693. The molecule has 2 nitrogen and oxygen atoms in total. The molecule has 3 aromatic rings. The Balaban J connectivity index is 2.35. The third-order valence-electron chi connectivity index (χ3n) is 3.27. The molecule has 0 radical (unpaired) electrons. The first-order chi connectivity index (χ1) is 9.48. The van der Waals surface area contributed by atoms with Crippen molar-refractivity contribution in [3.05, 3.63) is 53.9 Å². The van der Waals surface area contributed by atoms with Gasteiger partial charge in [-0.25, -0.2) is 0 Å². The van der Waals surface area contributed by atoms with E-state index in [0.29, 0.717) is 11.3 Å². The van der Waals surface area contributed by atoms with Crippen molar-refractivity contribution in [1.29, 1.82) is 0 Å². The lowest BCUT2D eigenvalue weighted by atomic mass is 9.96. The number of nitrogens with zero attached hydrogens (tertiary/aromatic N) is 1. The fraction of sp³-hybridized carbons (Fsp3) is 0.133. The number of H-pyrrole nitrogens is 1. The minimum Gasteiger partial charge on any atom is -0.282 e. The fourth-order valence-corrected chi connectivity index (χ4v) is 2.41. The Morgan fingerprint density at radius 1 is 1.00 bits per heavy atom. The van der Waals surface area contributed by atoms with E-state index in [1.165, 1.54) is 0 Å². The zero-order chi connectivity index (χ0) is 14.3. The summed E-state index contributed by atoms with van der Waals surface area (Å²) in [5, 5.41) is 7.54. The summed E-state index contributed by atoms with van der Waals surface area (Å²) >= 11 is 0. The topological polar surface area (TPSA) is 28.7 Å². The molecule has 102 valence electrons. The minimum absolute atomic E-state index is 0.120. The molecule has 0 bridgehead atoms. The van der Waals surface area contributed by atoms with Crippen LogP contribution in [-0.4, -0.2) is 10.2 Å². The Bertz CT molecular complexity index is 767. The third-order valence-corrected chi connectivity index (χ3v) is 3.27. The number of fused-ring (bicyclic) bond motifs is 1. The SMILES string of the molecule is Cc1[nH]nc(C(F)(F)F)c1-c1cccc2ccccc12. The molecule has 20 heavy (non-hydrogen) atoms. The van der Waals surface area contributed by atoms with Crippen molar-refractivity contribution in [2.45, 2.75) is 13.1 Å². The average Bonchev–Trinajstić information content (AvgIpc) is 2.80. The van der Waals surface area contributed by atoms with Gasteiger partial charge >= 0.3 is 6.18 Å². The molecule has 0 aliphatic heterocycles. The highest BCUT2D eigenvalue weighted by molar-refractivity contribution is 5.97. The van der Waals surface area contributed by atoms with Gasteiger partial charge in [0.25, 0.3) is 0 Å². The minimum atomic E-state index is -4.48. The van der Waals surface area contributed by atoms with Crippen molar-refractivity contribution in [3.63, 3.8) is 0 Å². The van der Waals surface area contributed by atoms with E-state index in [9.17, 15) is 13.2 Å². The molecule has 1 heterocycles. The van der Waals surface area contributed by atoms with Gasteiger partial charge in [-0.2, -0.15) is 18.3 Å². The molecule has 1 aromatic heterocycles. The van der Waals surface area contributed by atoms with Crippen molar-refractivity contribution in [3.8, 4) is 11.1 Å². The normalized spacial score (nSPS) is 12.0. The average molecular weight is 276 g/mol. The summed E-state index contributed by atoms with van der Waals surface area (Å²) in [4.78, 5) is 0. The van der Waals surface area contributed by atoms with Crippen molar-refractivity contribution in [1.82, 2.24) is 10.2 Å². The van der Waals surface area contributed by atoms with Crippen LogP contribution in [0.4, 0.5) is 13.2 Å². The van der Waals surface area contributed by atoms with E-state index in [4.69, 9.17) is 0 Å². The van der Waals surface area contributed by atoms with E-state index in [-0.39, 0.29) is 5.56 Å². The maximum absolute atomic E-state index is 13.1. The van der Waals surface area contributed by atoms with Crippen LogP contribution in [0, 0.1) is 6.92 Å². The summed E-state index contributed by atoms with van der Waals surface area (Å²) in [5.41, 5.74) is 0.205. The van der Waals surface area contributed by atoms with Crippen LogP contribution in [0.1, 0.15) is 11.4 Å². The smallest absolute Gasteiger partial charge is 0.282 e. The fourth-order valence-electron chi connectivity index (χ4n) is 2.41. The highest BCUT2D eigenvalue weighted by atomic mass is 19.4. The van der Waals surface area contributed by atoms with Gasteiger partial charge < -0.3 is 0 Å². The molecule has 5 heteroatoms. The van der Waals surface area contributed by atoms with Crippen LogP contribution in [0.15, 0.2) is 42.5 Å². The Kier molecular flexibility index (Phi) is 2.78. The predicted octanol–water partition coefficient (Wildman–Crippen LogP) is 4.56. The number of hydrogen-bond donors (Lipinski definition) is 1. The van der Waals surface area contributed by atoms with E-state index in [1.807, 2.05) is 30.3 Å². The van der Waals surface area contributed by atoms with Gasteiger partial charge in [-0.1, -0.05) is 42.5 Å². The number of alkyl halides is 3. The maximum Gasteiger partial charge on any atom is 0.435 e. The number of benzene rings is 2. The number of nitrogens with one attached hydrogen (secondary N) is 1. The summed E-state index contributed by atoms with van der Waals surface area (Å²) in [6.45, 7) is 1.60. The third kappa shape index (κ3) is 1.95. The van der Waals surface area contributed by atoms with Gasteiger partial charge in [0.1, 0.15) is 0 Å². The zero-order valence-electron chi connectivity index (χ0n) is 10.6. The van der Waals surface area contributed by atoms with Crippen LogP contribution < -0.4 is 0 Å². The predicted molar refractivity (Wildman–Crippen MR) is 71.3 cm³/mol. The molecule has 0 saturated carbocycles. The van der Waals surface area contributed by atoms with Gasteiger partial charge in [-0.15, -0.1) is 0 Å².